The lowest BCUT2D eigenvalue weighted by Crippen LogP contribution is -2.26. The molecule has 0 saturated heterocycles. The molecule has 1 unspecified atom stereocenters. The number of hydrogen-bond donors (Lipinski definition) is 1. The van der Waals surface area contributed by atoms with Crippen LogP contribution in [-0.4, -0.2) is 25.5 Å². The largest absolute Gasteiger partial charge is 0.416 e. The zero-order chi connectivity index (χ0) is 21.2. The molecule has 2 heterocycles. The zero-order valence-electron chi connectivity index (χ0n) is 15.7. The highest BCUT2D eigenvalue weighted by atomic mass is 35.5. The fourth-order valence-electron chi connectivity index (χ4n) is 2.94. The summed E-state index contributed by atoms with van der Waals surface area (Å²) < 4.78 is 41.7. The Morgan fingerprint density at radius 3 is 2.69 bits per heavy atom. The van der Waals surface area contributed by atoms with Gasteiger partial charge in [0.05, 0.1) is 23.3 Å². The van der Waals surface area contributed by atoms with Gasteiger partial charge in [0, 0.05) is 18.0 Å². The van der Waals surface area contributed by atoms with E-state index in [0.717, 1.165) is 12.1 Å². The standard InChI is InChI=1S/C19H19ClF3N5O/c1-3-16(28-11-15(20)9-24-28)18(29)25-17-7-12(2)27(26-17)10-13-5-4-6-14(8-13)19(21,22)23/h4-9,11,16H,3,10H2,1-2H3,(H,25,26,29). The molecule has 0 aliphatic heterocycles. The molecule has 1 amide bonds. The summed E-state index contributed by atoms with van der Waals surface area (Å²) in [5, 5.41) is 11.5. The lowest BCUT2D eigenvalue weighted by Gasteiger charge is -2.14. The van der Waals surface area contributed by atoms with Crippen LogP contribution >= 0.6 is 11.6 Å². The average molecular weight is 426 g/mol. The van der Waals surface area contributed by atoms with Gasteiger partial charge in [-0.1, -0.05) is 30.7 Å². The van der Waals surface area contributed by atoms with Crippen LogP contribution in [0.1, 0.15) is 36.2 Å². The highest BCUT2D eigenvalue weighted by molar-refractivity contribution is 6.30. The molecule has 0 saturated carbocycles. The van der Waals surface area contributed by atoms with Gasteiger partial charge in [-0.15, -0.1) is 0 Å². The van der Waals surface area contributed by atoms with E-state index in [1.165, 1.54) is 21.6 Å². The number of carbonyl (C=O) groups is 1. The van der Waals surface area contributed by atoms with Gasteiger partial charge in [-0.2, -0.15) is 23.4 Å². The molecule has 3 aromatic rings. The molecule has 0 spiro atoms. The summed E-state index contributed by atoms with van der Waals surface area (Å²) in [6.07, 6.45) is -0.898. The van der Waals surface area contributed by atoms with Gasteiger partial charge in [0.15, 0.2) is 5.82 Å². The maximum absolute atomic E-state index is 12.9. The number of aryl methyl sites for hydroxylation is 1. The lowest BCUT2D eigenvalue weighted by atomic mass is 10.1. The van der Waals surface area contributed by atoms with Crippen molar-refractivity contribution in [2.24, 2.45) is 0 Å². The van der Waals surface area contributed by atoms with Gasteiger partial charge >= 0.3 is 6.18 Å². The second-order valence-corrected chi connectivity index (χ2v) is 7.02. The number of nitrogens with zero attached hydrogens (tertiary/aromatic N) is 4. The molecule has 0 bridgehead atoms. The number of halogens is 4. The Labute approximate surface area is 170 Å². The van der Waals surface area contributed by atoms with Crippen LogP contribution in [-0.2, 0) is 17.5 Å². The fourth-order valence-corrected chi connectivity index (χ4v) is 3.08. The van der Waals surface area contributed by atoms with Crippen LogP contribution in [0.2, 0.25) is 5.02 Å². The average Bonchev–Trinajstić information content (AvgIpc) is 3.21. The monoisotopic (exact) mass is 425 g/mol. The Hall–Kier alpha value is -2.81. The van der Waals surface area contributed by atoms with Crippen molar-refractivity contribution in [3.05, 3.63) is 64.6 Å². The normalized spacial score (nSPS) is 12.8. The van der Waals surface area contributed by atoms with Crippen LogP contribution in [0.15, 0.2) is 42.7 Å². The Bertz CT molecular complexity index is 1010. The Kier molecular flexibility index (Phi) is 5.97. The van der Waals surface area contributed by atoms with Crippen LogP contribution < -0.4 is 5.32 Å². The van der Waals surface area contributed by atoms with Crippen LogP contribution in [0.25, 0.3) is 0 Å². The van der Waals surface area contributed by atoms with Gasteiger partial charge in [-0.05, 0) is 31.0 Å². The van der Waals surface area contributed by atoms with E-state index in [1.54, 1.807) is 25.3 Å². The molecule has 6 nitrogen and oxygen atoms in total. The first-order valence-electron chi connectivity index (χ1n) is 8.88. The molecular formula is C19H19ClF3N5O. The predicted octanol–water partition coefficient (Wildman–Crippen LogP) is 4.70. The first-order chi connectivity index (χ1) is 13.7. The summed E-state index contributed by atoms with van der Waals surface area (Å²) in [5.41, 5.74) is 0.450. The van der Waals surface area contributed by atoms with E-state index in [4.69, 9.17) is 11.6 Å². The molecule has 1 atom stereocenters. The highest BCUT2D eigenvalue weighted by Gasteiger charge is 2.30. The highest BCUT2D eigenvalue weighted by Crippen LogP contribution is 2.29. The van der Waals surface area contributed by atoms with Crippen molar-refractivity contribution in [2.75, 3.05) is 5.32 Å². The maximum Gasteiger partial charge on any atom is 0.416 e. The summed E-state index contributed by atoms with van der Waals surface area (Å²) in [7, 11) is 0. The molecule has 3 rings (SSSR count). The number of amides is 1. The molecule has 1 N–H and O–H groups in total. The molecule has 2 aromatic heterocycles. The third kappa shape index (κ3) is 4.97. The van der Waals surface area contributed by atoms with Gasteiger partial charge in [0.25, 0.3) is 0 Å². The van der Waals surface area contributed by atoms with Crippen molar-refractivity contribution in [1.82, 2.24) is 19.6 Å². The van der Waals surface area contributed by atoms with E-state index < -0.39 is 17.8 Å². The molecule has 1 aromatic carbocycles. The molecule has 29 heavy (non-hydrogen) atoms. The molecule has 0 radical (unpaired) electrons. The second-order valence-electron chi connectivity index (χ2n) is 6.58. The van der Waals surface area contributed by atoms with E-state index in [0.29, 0.717) is 28.5 Å². The van der Waals surface area contributed by atoms with Crippen molar-refractivity contribution in [2.45, 2.75) is 39.0 Å². The minimum Gasteiger partial charge on any atom is -0.307 e. The maximum atomic E-state index is 12.9. The number of rotatable bonds is 6. The number of aromatic nitrogens is 4. The Morgan fingerprint density at radius 1 is 1.31 bits per heavy atom. The van der Waals surface area contributed by atoms with Gasteiger partial charge in [-0.25, -0.2) is 0 Å². The number of hydrogen-bond acceptors (Lipinski definition) is 3. The summed E-state index contributed by atoms with van der Waals surface area (Å²) >= 11 is 5.87. The lowest BCUT2D eigenvalue weighted by molar-refractivity contribution is -0.137. The Balaban J connectivity index is 1.74. The summed E-state index contributed by atoms with van der Waals surface area (Å²) in [6, 6.07) is 6.18. The van der Waals surface area contributed by atoms with Gasteiger partial charge in [0.2, 0.25) is 5.91 Å². The summed E-state index contributed by atoms with van der Waals surface area (Å²) in [6.45, 7) is 3.76. The predicted molar refractivity (Wildman–Crippen MR) is 103 cm³/mol. The molecule has 0 fully saturated rings. The molecule has 0 aliphatic rings. The van der Waals surface area contributed by atoms with E-state index in [1.807, 2.05) is 6.92 Å². The van der Waals surface area contributed by atoms with Crippen molar-refractivity contribution in [3.63, 3.8) is 0 Å². The smallest absolute Gasteiger partial charge is 0.307 e. The fraction of sp³-hybridized carbons (Fsp3) is 0.316. The summed E-state index contributed by atoms with van der Waals surface area (Å²) in [5.74, 6) is 0.00663. The van der Waals surface area contributed by atoms with Crippen LogP contribution in [0.3, 0.4) is 0 Å². The SMILES string of the molecule is CCC(C(=O)Nc1cc(C)n(Cc2cccc(C(F)(F)F)c2)n1)n1cc(Cl)cn1. The molecular weight excluding hydrogens is 407 g/mol. The summed E-state index contributed by atoms with van der Waals surface area (Å²) in [4.78, 5) is 12.6. The molecule has 10 heteroatoms. The van der Waals surface area contributed by atoms with Crippen molar-refractivity contribution in [3.8, 4) is 0 Å². The third-order valence-corrected chi connectivity index (χ3v) is 4.59. The van der Waals surface area contributed by atoms with Crippen LogP contribution in [0.5, 0.6) is 0 Å². The van der Waals surface area contributed by atoms with Crippen molar-refractivity contribution < 1.29 is 18.0 Å². The van der Waals surface area contributed by atoms with E-state index >= 15 is 0 Å². The van der Waals surface area contributed by atoms with Gasteiger partial charge in [0.1, 0.15) is 6.04 Å². The van der Waals surface area contributed by atoms with Gasteiger partial charge < -0.3 is 5.32 Å². The van der Waals surface area contributed by atoms with E-state index in [2.05, 4.69) is 15.5 Å². The number of benzene rings is 1. The molecule has 154 valence electrons. The van der Waals surface area contributed by atoms with Crippen molar-refractivity contribution >= 4 is 23.3 Å². The van der Waals surface area contributed by atoms with Crippen LogP contribution in [0.4, 0.5) is 19.0 Å². The number of anilines is 1. The minimum absolute atomic E-state index is 0.150. The topological polar surface area (TPSA) is 64.7 Å². The number of carbonyl (C=O) groups excluding carboxylic acids is 1. The number of nitrogens with one attached hydrogen (secondary N) is 1. The van der Waals surface area contributed by atoms with E-state index in [9.17, 15) is 18.0 Å². The van der Waals surface area contributed by atoms with Gasteiger partial charge in [-0.3, -0.25) is 14.2 Å². The minimum atomic E-state index is -4.40. The van der Waals surface area contributed by atoms with Crippen LogP contribution in [0, 0.1) is 6.92 Å². The van der Waals surface area contributed by atoms with Crippen molar-refractivity contribution in [1.29, 1.82) is 0 Å². The second kappa shape index (κ2) is 8.28. The Morgan fingerprint density at radius 2 is 2.07 bits per heavy atom. The first-order valence-corrected chi connectivity index (χ1v) is 9.26. The third-order valence-electron chi connectivity index (χ3n) is 4.40. The van der Waals surface area contributed by atoms with E-state index in [-0.39, 0.29) is 12.5 Å². The quantitative estimate of drug-likeness (QED) is 0.622. The number of alkyl halides is 3. The molecule has 0 aliphatic carbocycles. The first kappa shape index (κ1) is 20.9. The zero-order valence-corrected chi connectivity index (χ0v) is 16.5.